The Labute approximate surface area is 132 Å². The molecule has 0 radical (unpaired) electrons. The SMILES string of the molecule is O=C(O)[C@H]1CC=CC[C@H]1C(=O)OC(=O)[C@H]1CC=CC[C@H]1C(=O)O. The van der Waals surface area contributed by atoms with Crippen molar-refractivity contribution in [3.63, 3.8) is 0 Å². The molecular formula is C16H18O7. The molecule has 0 unspecified atom stereocenters. The largest absolute Gasteiger partial charge is 0.481 e. The first-order chi connectivity index (χ1) is 10.9. The molecule has 0 spiro atoms. The average Bonchev–Trinajstić information content (AvgIpc) is 2.54. The zero-order chi connectivity index (χ0) is 17.0. The maximum absolute atomic E-state index is 12.1. The van der Waals surface area contributed by atoms with E-state index in [0.29, 0.717) is 0 Å². The molecule has 0 heterocycles. The number of esters is 2. The number of rotatable bonds is 4. The van der Waals surface area contributed by atoms with Crippen LogP contribution in [0, 0.1) is 23.7 Å². The summed E-state index contributed by atoms with van der Waals surface area (Å²) in [4.78, 5) is 46.6. The van der Waals surface area contributed by atoms with E-state index in [1.54, 1.807) is 24.3 Å². The highest BCUT2D eigenvalue weighted by Crippen LogP contribution is 2.30. The van der Waals surface area contributed by atoms with E-state index in [1.165, 1.54) is 0 Å². The first-order valence-electron chi connectivity index (χ1n) is 7.43. The second kappa shape index (κ2) is 7.21. The van der Waals surface area contributed by atoms with Crippen LogP contribution in [0.1, 0.15) is 25.7 Å². The highest BCUT2D eigenvalue weighted by molar-refractivity contribution is 5.92. The van der Waals surface area contributed by atoms with E-state index < -0.39 is 47.5 Å². The zero-order valence-corrected chi connectivity index (χ0v) is 12.4. The van der Waals surface area contributed by atoms with Gasteiger partial charge in [0.2, 0.25) is 0 Å². The Kier molecular flexibility index (Phi) is 5.31. The summed E-state index contributed by atoms with van der Waals surface area (Å²) in [7, 11) is 0. The summed E-state index contributed by atoms with van der Waals surface area (Å²) in [6, 6.07) is 0. The molecule has 0 aliphatic heterocycles. The van der Waals surface area contributed by atoms with E-state index in [4.69, 9.17) is 14.9 Å². The Balaban J connectivity index is 2.05. The number of carboxylic acid groups (broad SMARTS) is 2. The summed E-state index contributed by atoms with van der Waals surface area (Å²) in [5, 5.41) is 18.3. The van der Waals surface area contributed by atoms with E-state index in [0.717, 1.165) is 0 Å². The molecule has 2 aliphatic carbocycles. The summed E-state index contributed by atoms with van der Waals surface area (Å²) in [5.74, 6) is -7.74. The normalized spacial score (nSPS) is 29.7. The van der Waals surface area contributed by atoms with Gasteiger partial charge < -0.3 is 14.9 Å². The predicted molar refractivity (Wildman–Crippen MR) is 77.1 cm³/mol. The first-order valence-corrected chi connectivity index (χ1v) is 7.43. The first kappa shape index (κ1) is 16.9. The Morgan fingerprint density at radius 2 is 0.957 bits per heavy atom. The van der Waals surface area contributed by atoms with Crippen LogP contribution in [-0.2, 0) is 23.9 Å². The van der Waals surface area contributed by atoms with Gasteiger partial charge in [0, 0.05) is 0 Å². The lowest BCUT2D eigenvalue weighted by Gasteiger charge is -2.26. The maximum atomic E-state index is 12.1. The Hall–Kier alpha value is -2.44. The molecule has 2 aliphatic rings. The minimum atomic E-state index is -1.12. The third kappa shape index (κ3) is 3.85. The summed E-state index contributed by atoms with van der Waals surface area (Å²) in [6.07, 6.45) is 7.50. The van der Waals surface area contributed by atoms with Gasteiger partial charge in [0.25, 0.3) is 0 Å². The Morgan fingerprint density at radius 1 is 0.652 bits per heavy atom. The highest BCUT2D eigenvalue weighted by atomic mass is 16.6. The molecule has 23 heavy (non-hydrogen) atoms. The van der Waals surface area contributed by atoms with Crippen LogP contribution in [0.4, 0.5) is 0 Å². The molecule has 0 saturated carbocycles. The van der Waals surface area contributed by atoms with E-state index in [2.05, 4.69) is 0 Å². The third-order valence-electron chi connectivity index (χ3n) is 4.31. The summed E-state index contributed by atoms with van der Waals surface area (Å²) < 4.78 is 4.82. The molecular weight excluding hydrogens is 304 g/mol. The molecule has 0 aromatic carbocycles. The van der Waals surface area contributed by atoms with Crippen LogP contribution < -0.4 is 0 Å². The van der Waals surface area contributed by atoms with Crippen LogP contribution >= 0.6 is 0 Å². The minimum Gasteiger partial charge on any atom is -0.481 e. The van der Waals surface area contributed by atoms with Crippen molar-refractivity contribution in [3.8, 4) is 0 Å². The molecule has 2 N–H and O–H groups in total. The molecule has 7 nitrogen and oxygen atoms in total. The smallest absolute Gasteiger partial charge is 0.317 e. The van der Waals surface area contributed by atoms with Crippen molar-refractivity contribution in [2.75, 3.05) is 0 Å². The molecule has 2 rings (SSSR count). The van der Waals surface area contributed by atoms with E-state index in [1.807, 2.05) is 0 Å². The lowest BCUT2D eigenvalue weighted by Crippen LogP contribution is -2.37. The van der Waals surface area contributed by atoms with Crippen molar-refractivity contribution >= 4 is 23.9 Å². The summed E-state index contributed by atoms with van der Waals surface area (Å²) >= 11 is 0. The predicted octanol–water partition coefficient (Wildman–Crippen LogP) is 1.39. The number of ether oxygens (including phenoxy) is 1. The van der Waals surface area contributed by atoms with Crippen molar-refractivity contribution in [3.05, 3.63) is 24.3 Å². The van der Waals surface area contributed by atoms with Gasteiger partial charge in [-0.05, 0) is 25.7 Å². The van der Waals surface area contributed by atoms with E-state index >= 15 is 0 Å². The van der Waals surface area contributed by atoms with Crippen LogP contribution in [0.5, 0.6) is 0 Å². The molecule has 0 amide bonds. The van der Waals surface area contributed by atoms with E-state index in [9.17, 15) is 19.2 Å². The Bertz CT molecular complexity index is 525. The number of allylic oxidation sites excluding steroid dienone is 4. The van der Waals surface area contributed by atoms with Crippen molar-refractivity contribution in [2.24, 2.45) is 23.7 Å². The van der Waals surface area contributed by atoms with Crippen LogP contribution in [-0.4, -0.2) is 34.1 Å². The second-order valence-corrected chi connectivity index (χ2v) is 5.73. The summed E-state index contributed by atoms with van der Waals surface area (Å²) in [6.45, 7) is 0. The number of carboxylic acids is 2. The number of carbonyl (C=O) groups is 4. The molecule has 0 bridgehead atoms. The van der Waals surface area contributed by atoms with Gasteiger partial charge in [-0.1, -0.05) is 24.3 Å². The van der Waals surface area contributed by atoms with Gasteiger partial charge in [-0.2, -0.15) is 0 Å². The van der Waals surface area contributed by atoms with Gasteiger partial charge >= 0.3 is 23.9 Å². The zero-order valence-electron chi connectivity index (χ0n) is 12.4. The van der Waals surface area contributed by atoms with Crippen molar-refractivity contribution < 1.29 is 34.1 Å². The van der Waals surface area contributed by atoms with Crippen molar-refractivity contribution in [1.82, 2.24) is 0 Å². The van der Waals surface area contributed by atoms with Crippen molar-refractivity contribution in [1.29, 1.82) is 0 Å². The molecule has 0 saturated heterocycles. The van der Waals surface area contributed by atoms with Crippen LogP contribution in [0.25, 0.3) is 0 Å². The van der Waals surface area contributed by atoms with Gasteiger partial charge in [0.1, 0.15) is 0 Å². The van der Waals surface area contributed by atoms with Gasteiger partial charge in [0.15, 0.2) is 0 Å². The van der Waals surface area contributed by atoms with Gasteiger partial charge in [0.05, 0.1) is 23.7 Å². The quantitative estimate of drug-likeness (QED) is 0.456. The fourth-order valence-corrected chi connectivity index (χ4v) is 2.95. The third-order valence-corrected chi connectivity index (χ3v) is 4.31. The number of hydrogen-bond donors (Lipinski definition) is 2. The minimum absolute atomic E-state index is 0.190. The van der Waals surface area contributed by atoms with Gasteiger partial charge in [-0.3, -0.25) is 19.2 Å². The number of carbonyl (C=O) groups excluding carboxylic acids is 2. The van der Waals surface area contributed by atoms with Gasteiger partial charge in [-0.25, -0.2) is 0 Å². The lowest BCUT2D eigenvalue weighted by molar-refractivity contribution is -0.172. The number of hydrogen-bond acceptors (Lipinski definition) is 5. The van der Waals surface area contributed by atoms with Crippen LogP contribution in [0.15, 0.2) is 24.3 Å². The molecule has 4 atom stereocenters. The molecule has 0 aromatic heterocycles. The molecule has 7 heteroatoms. The summed E-state index contributed by atoms with van der Waals surface area (Å²) in [5.41, 5.74) is 0. The fourth-order valence-electron chi connectivity index (χ4n) is 2.95. The molecule has 0 fully saturated rings. The van der Waals surface area contributed by atoms with Crippen molar-refractivity contribution in [2.45, 2.75) is 25.7 Å². The standard InChI is InChI=1S/C16H18O7/c17-13(18)9-5-1-3-7-11(9)15(21)23-16(22)12-8-4-2-6-10(12)14(19)20/h1-4,9-12H,5-8H2,(H,17,18)(H,19,20)/t9-,10+,11+,12-. The second-order valence-electron chi connectivity index (χ2n) is 5.73. The average molecular weight is 322 g/mol. The fraction of sp³-hybridized carbons (Fsp3) is 0.500. The van der Waals surface area contributed by atoms with Crippen LogP contribution in [0.2, 0.25) is 0 Å². The topological polar surface area (TPSA) is 118 Å². The number of aliphatic carboxylic acids is 2. The van der Waals surface area contributed by atoms with Gasteiger partial charge in [-0.15, -0.1) is 0 Å². The monoisotopic (exact) mass is 322 g/mol. The van der Waals surface area contributed by atoms with E-state index in [-0.39, 0.29) is 25.7 Å². The highest BCUT2D eigenvalue weighted by Gasteiger charge is 2.40. The molecule has 0 aromatic rings. The lowest BCUT2D eigenvalue weighted by atomic mass is 9.82. The van der Waals surface area contributed by atoms with Crippen LogP contribution in [0.3, 0.4) is 0 Å². The maximum Gasteiger partial charge on any atom is 0.317 e. The Morgan fingerprint density at radius 3 is 1.26 bits per heavy atom. The molecule has 124 valence electrons.